The molecule has 2 heterocycles. The first-order valence-corrected chi connectivity index (χ1v) is 9.60. The van der Waals surface area contributed by atoms with Crippen molar-refractivity contribution >= 4 is 39.3 Å². The number of nitrogens with zero attached hydrogens (tertiary/aromatic N) is 1. The topological polar surface area (TPSA) is 67.0 Å². The van der Waals surface area contributed by atoms with Gasteiger partial charge >= 0.3 is 0 Å². The maximum atomic E-state index is 11.8. The molecule has 4 aromatic rings. The molecule has 5 nitrogen and oxygen atoms in total. The highest BCUT2D eigenvalue weighted by Crippen LogP contribution is 2.33. The van der Waals surface area contributed by atoms with Crippen LogP contribution >= 0.6 is 11.6 Å². The lowest BCUT2D eigenvalue weighted by Gasteiger charge is -2.09. The van der Waals surface area contributed by atoms with Crippen molar-refractivity contribution in [1.29, 1.82) is 0 Å². The van der Waals surface area contributed by atoms with Crippen LogP contribution in [0.4, 0.5) is 0 Å². The molecule has 0 saturated carbocycles. The molecule has 0 fully saturated rings. The van der Waals surface area contributed by atoms with E-state index in [1.54, 1.807) is 7.11 Å². The summed E-state index contributed by atoms with van der Waals surface area (Å²) < 4.78 is 5.27. The molecule has 0 aliphatic heterocycles. The predicted molar refractivity (Wildman–Crippen MR) is 113 cm³/mol. The molecule has 0 unspecified atom stereocenters. The van der Waals surface area contributed by atoms with Gasteiger partial charge in [-0.15, -0.1) is 11.6 Å². The van der Waals surface area contributed by atoms with E-state index in [-0.39, 0.29) is 5.91 Å². The molecular formula is C22H20ClN3O2. The van der Waals surface area contributed by atoms with Crippen molar-refractivity contribution in [3.8, 4) is 17.0 Å². The van der Waals surface area contributed by atoms with Gasteiger partial charge in [0.2, 0.25) is 5.91 Å². The van der Waals surface area contributed by atoms with Crippen molar-refractivity contribution in [2.75, 3.05) is 13.0 Å². The van der Waals surface area contributed by atoms with Gasteiger partial charge in [0.1, 0.15) is 5.75 Å². The number of hydrogen-bond acceptors (Lipinski definition) is 3. The summed E-state index contributed by atoms with van der Waals surface area (Å²) in [6.07, 6.45) is 0.294. The summed E-state index contributed by atoms with van der Waals surface area (Å²) in [6, 6.07) is 18.0. The fourth-order valence-corrected chi connectivity index (χ4v) is 3.48. The number of carbonyl (C=O) groups is 1. The number of H-pyrrole nitrogens is 1. The monoisotopic (exact) mass is 393 g/mol. The number of methoxy groups -OCH3 is 1. The number of amides is 1. The first-order valence-electron chi connectivity index (χ1n) is 9.07. The Morgan fingerprint density at radius 1 is 1.14 bits per heavy atom. The molecule has 1 amide bonds. The minimum atomic E-state index is -0.0816. The second kappa shape index (κ2) is 7.90. The number of ether oxygens (including phenoxy) is 1. The molecule has 0 aliphatic carbocycles. The number of halogens is 1. The molecule has 2 N–H and O–H groups in total. The van der Waals surface area contributed by atoms with Gasteiger partial charge in [-0.25, -0.2) is 4.98 Å². The maximum Gasteiger partial charge on any atom is 0.221 e. The van der Waals surface area contributed by atoms with E-state index < -0.39 is 0 Å². The van der Waals surface area contributed by atoms with Crippen molar-refractivity contribution in [3.05, 3.63) is 60.3 Å². The lowest BCUT2D eigenvalue weighted by molar-refractivity contribution is -0.120. The fourth-order valence-electron chi connectivity index (χ4n) is 3.31. The van der Waals surface area contributed by atoms with Crippen molar-refractivity contribution in [2.45, 2.75) is 13.0 Å². The Morgan fingerprint density at radius 2 is 1.93 bits per heavy atom. The normalized spacial score (nSPS) is 11.1. The zero-order valence-electron chi connectivity index (χ0n) is 15.5. The van der Waals surface area contributed by atoms with Crippen LogP contribution in [0, 0.1) is 0 Å². The zero-order chi connectivity index (χ0) is 19.5. The number of hydrogen-bond donors (Lipinski definition) is 2. The smallest absolute Gasteiger partial charge is 0.221 e. The highest BCUT2D eigenvalue weighted by Gasteiger charge is 2.14. The molecular weight excluding hydrogens is 374 g/mol. The van der Waals surface area contributed by atoms with E-state index in [2.05, 4.69) is 22.4 Å². The Balaban J connectivity index is 1.84. The van der Waals surface area contributed by atoms with E-state index in [1.165, 1.54) is 0 Å². The molecule has 0 atom stereocenters. The van der Waals surface area contributed by atoms with Crippen molar-refractivity contribution < 1.29 is 9.53 Å². The predicted octanol–water partition coefficient (Wildman–Crippen LogP) is 4.64. The number of nitrogens with one attached hydrogen (secondary N) is 2. The number of carbonyl (C=O) groups excluding carboxylic acids is 1. The van der Waals surface area contributed by atoms with E-state index in [0.717, 1.165) is 44.5 Å². The molecule has 0 saturated heterocycles. The van der Waals surface area contributed by atoms with Crippen molar-refractivity contribution in [1.82, 2.24) is 15.3 Å². The van der Waals surface area contributed by atoms with Gasteiger partial charge in [0.05, 0.1) is 30.6 Å². The standard InChI is InChI=1S/C22H20ClN3O2/c1-28-16-8-6-14(7-9-16)21-22-18(17-4-2-3-5-19(17)26-22)12-15(25-21)13-24-20(27)10-11-23/h2-9,12,26H,10-11,13H2,1H3,(H,24,27). The van der Waals surface area contributed by atoms with E-state index in [0.29, 0.717) is 18.8 Å². The van der Waals surface area contributed by atoms with E-state index >= 15 is 0 Å². The molecule has 0 spiro atoms. The quantitative estimate of drug-likeness (QED) is 0.469. The van der Waals surface area contributed by atoms with E-state index in [1.807, 2.05) is 42.5 Å². The Labute approximate surface area is 167 Å². The maximum absolute atomic E-state index is 11.8. The summed E-state index contributed by atoms with van der Waals surface area (Å²) >= 11 is 5.65. The highest BCUT2D eigenvalue weighted by atomic mass is 35.5. The van der Waals surface area contributed by atoms with Crippen molar-refractivity contribution in [3.63, 3.8) is 0 Å². The lowest BCUT2D eigenvalue weighted by Crippen LogP contribution is -2.23. The van der Waals surface area contributed by atoms with Gasteiger partial charge in [0, 0.05) is 34.2 Å². The Kier molecular flexibility index (Phi) is 5.17. The van der Waals surface area contributed by atoms with Gasteiger partial charge < -0.3 is 15.0 Å². The average Bonchev–Trinajstić information content (AvgIpc) is 3.11. The minimum absolute atomic E-state index is 0.0816. The fraction of sp³-hybridized carbons (Fsp3) is 0.182. The molecule has 6 heteroatoms. The highest BCUT2D eigenvalue weighted by molar-refractivity contribution is 6.18. The Hall–Kier alpha value is -3.05. The zero-order valence-corrected chi connectivity index (χ0v) is 16.2. The van der Waals surface area contributed by atoms with Gasteiger partial charge in [-0.2, -0.15) is 0 Å². The van der Waals surface area contributed by atoms with Crippen LogP contribution in [0.15, 0.2) is 54.6 Å². The van der Waals surface area contributed by atoms with Crippen LogP contribution in [0.3, 0.4) is 0 Å². The Bertz CT molecular complexity index is 1140. The molecule has 28 heavy (non-hydrogen) atoms. The van der Waals surface area contributed by atoms with Crippen LogP contribution in [0.1, 0.15) is 12.1 Å². The number of rotatable bonds is 6. The first kappa shape index (κ1) is 18.3. The van der Waals surface area contributed by atoms with Crippen LogP contribution in [0.25, 0.3) is 33.1 Å². The largest absolute Gasteiger partial charge is 0.497 e. The molecule has 2 aromatic heterocycles. The molecule has 4 rings (SSSR count). The Morgan fingerprint density at radius 3 is 2.68 bits per heavy atom. The number of aromatic amines is 1. The van der Waals surface area contributed by atoms with Crippen molar-refractivity contribution in [2.24, 2.45) is 0 Å². The molecule has 0 aliphatic rings. The number of para-hydroxylation sites is 1. The average molecular weight is 394 g/mol. The second-order valence-electron chi connectivity index (χ2n) is 6.50. The first-order chi connectivity index (χ1) is 13.7. The molecule has 142 valence electrons. The van der Waals surface area contributed by atoms with E-state index in [4.69, 9.17) is 21.3 Å². The van der Waals surface area contributed by atoms with Gasteiger partial charge in [0.15, 0.2) is 0 Å². The SMILES string of the molecule is COc1ccc(-c2nc(CNC(=O)CCCl)cc3c2[nH]c2ccccc23)cc1. The molecule has 0 bridgehead atoms. The van der Waals surface area contributed by atoms with E-state index in [9.17, 15) is 4.79 Å². The van der Waals surface area contributed by atoms with Gasteiger partial charge in [-0.3, -0.25) is 4.79 Å². The summed E-state index contributed by atoms with van der Waals surface area (Å²) in [7, 11) is 1.65. The summed E-state index contributed by atoms with van der Waals surface area (Å²) in [4.78, 5) is 20.1. The second-order valence-corrected chi connectivity index (χ2v) is 6.88. The third kappa shape index (κ3) is 3.53. The number of pyridine rings is 1. The van der Waals surface area contributed by atoms with Crippen LogP contribution in [-0.4, -0.2) is 28.9 Å². The van der Waals surface area contributed by atoms with Crippen LogP contribution < -0.4 is 10.1 Å². The van der Waals surface area contributed by atoms with Gasteiger partial charge in [-0.05, 0) is 36.4 Å². The summed E-state index contributed by atoms with van der Waals surface area (Å²) in [6.45, 7) is 0.355. The van der Waals surface area contributed by atoms with Crippen LogP contribution in [-0.2, 0) is 11.3 Å². The molecule has 2 aromatic carbocycles. The summed E-state index contributed by atoms with van der Waals surface area (Å²) in [5.41, 5.74) is 4.65. The van der Waals surface area contributed by atoms with Gasteiger partial charge in [-0.1, -0.05) is 18.2 Å². The number of alkyl halides is 1. The number of fused-ring (bicyclic) bond motifs is 3. The minimum Gasteiger partial charge on any atom is -0.497 e. The number of benzene rings is 2. The number of aromatic nitrogens is 2. The third-order valence-electron chi connectivity index (χ3n) is 4.70. The summed E-state index contributed by atoms with van der Waals surface area (Å²) in [5, 5.41) is 5.09. The van der Waals surface area contributed by atoms with Crippen LogP contribution in [0.2, 0.25) is 0 Å². The van der Waals surface area contributed by atoms with Gasteiger partial charge in [0.25, 0.3) is 0 Å². The summed E-state index contributed by atoms with van der Waals surface area (Å²) in [5.74, 6) is 1.01. The molecule has 0 radical (unpaired) electrons. The van der Waals surface area contributed by atoms with Crippen LogP contribution in [0.5, 0.6) is 5.75 Å². The third-order valence-corrected chi connectivity index (χ3v) is 4.89. The lowest BCUT2D eigenvalue weighted by atomic mass is 10.1.